The maximum absolute atomic E-state index is 9.95. The second-order valence-electron chi connectivity index (χ2n) is 1.45. The minimum atomic E-state index is -1.25. The van der Waals surface area contributed by atoms with Crippen LogP contribution in [0.3, 0.4) is 0 Å². The first-order valence-corrected chi connectivity index (χ1v) is 6.40. The van der Waals surface area contributed by atoms with Crippen molar-refractivity contribution in [2.75, 3.05) is 5.88 Å². The molecule has 0 aromatic heterocycles. The van der Waals surface area contributed by atoms with Gasteiger partial charge in [-0.25, -0.2) is 0 Å². The topological polar surface area (TPSA) is 17.1 Å². The first kappa shape index (κ1) is 7.71. The monoisotopic (exact) mass is 171 g/mol. The summed E-state index contributed by atoms with van der Waals surface area (Å²) >= 11 is 4.10. The SMILES string of the molecule is [O]=[Zn][CH2]CCCCl. The van der Waals surface area contributed by atoms with Crippen molar-refractivity contribution < 1.29 is 20.7 Å². The van der Waals surface area contributed by atoms with Crippen molar-refractivity contribution in [1.29, 1.82) is 0 Å². The summed E-state index contributed by atoms with van der Waals surface area (Å²) in [6.07, 6.45) is 2.11. The molecule has 0 fully saturated rings. The van der Waals surface area contributed by atoms with Crippen molar-refractivity contribution in [3.05, 3.63) is 0 Å². The Hall–Kier alpha value is 0.713. The zero-order chi connectivity index (χ0) is 5.54. The third kappa shape index (κ3) is 6.71. The molecule has 0 spiro atoms. The molecule has 0 aliphatic rings. The fraction of sp³-hybridized carbons (Fsp3) is 1.00. The molecule has 0 saturated heterocycles. The van der Waals surface area contributed by atoms with Crippen molar-refractivity contribution in [2.24, 2.45) is 0 Å². The molecule has 0 aromatic rings. The summed E-state index contributed by atoms with van der Waals surface area (Å²) in [5.41, 5.74) is 0. The Morgan fingerprint density at radius 2 is 2.14 bits per heavy atom. The van der Waals surface area contributed by atoms with Gasteiger partial charge in [-0.15, -0.1) is 0 Å². The van der Waals surface area contributed by atoms with Crippen LogP contribution in [0.5, 0.6) is 0 Å². The number of unbranched alkanes of at least 4 members (excludes halogenated alkanes) is 1. The average molecular weight is 173 g/mol. The third-order valence-corrected chi connectivity index (χ3v) is 2.70. The fourth-order valence-electron chi connectivity index (χ4n) is 0.373. The fourth-order valence-corrected chi connectivity index (χ4v) is 1.73. The van der Waals surface area contributed by atoms with Crippen molar-refractivity contribution in [3.8, 4) is 0 Å². The molecule has 3 heteroatoms. The van der Waals surface area contributed by atoms with Crippen LogP contribution in [0, 0.1) is 0 Å². The van der Waals surface area contributed by atoms with E-state index in [9.17, 15) is 3.57 Å². The summed E-state index contributed by atoms with van der Waals surface area (Å²) < 4.78 is 9.95. The van der Waals surface area contributed by atoms with Gasteiger partial charge in [0.1, 0.15) is 0 Å². The van der Waals surface area contributed by atoms with Crippen LogP contribution in [-0.4, -0.2) is 5.88 Å². The molecule has 0 radical (unpaired) electrons. The Balaban J connectivity index is 2.56. The van der Waals surface area contributed by atoms with Gasteiger partial charge < -0.3 is 0 Å². The van der Waals surface area contributed by atoms with Gasteiger partial charge in [0.15, 0.2) is 0 Å². The Morgan fingerprint density at radius 1 is 1.43 bits per heavy atom. The summed E-state index contributed by atoms with van der Waals surface area (Å²) in [6.45, 7) is 0. The molecule has 0 aromatic carbocycles. The van der Waals surface area contributed by atoms with Crippen LogP contribution in [0.1, 0.15) is 12.8 Å². The van der Waals surface area contributed by atoms with E-state index in [1.807, 2.05) is 0 Å². The Morgan fingerprint density at radius 3 is 2.57 bits per heavy atom. The molecule has 0 N–H and O–H groups in total. The van der Waals surface area contributed by atoms with Crippen LogP contribution in [0.4, 0.5) is 0 Å². The molecule has 1 nitrogen and oxygen atoms in total. The second kappa shape index (κ2) is 6.71. The number of rotatable bonds is 4. The number of hydrogen-bond acceptors (Lipinski definition) is 1. The van der Waals surface area contributed by atoms with Gasteiger partial charge in [-0.3, -0.25) is 0 Å². The van der Waals surface area contributed by atoms with Gasteiger partial charge in [0, 0.05) is 0 Å². The molecule has 0 unspecified atom stereocenters. The molecule has 0 bridgehead atoms. The molecule has 7 heavy (non-hydrogen) atoms. The first-order chi connectivity index (χ1) is 3.41. The summed E-state index contributed by atoms with van der Waals surface area (Å²) in [5.74, 6) is 0.724. The zero-order valence-corrected chi connectivity index (χ0v) is 8.04. The zero-order valence-electron chi connectivity index (χ0n) is 4.32. The standard InChI is InChI=1S/C4H8Cl.O.Zn/c1-2-3-4-5;;/h1-4H2;;. The van der Waals surface area contributed by atoms with Gasteiger partial charge in [-0.2, -0.15) is 0 Å². The van der Waals surface area contributed by atoms with Crippen LogP contribution in [0.2, 0.25) is 5.02 Å². The molecule has 0 saturated carbocycles. The van der Waals surface area contributed by atoms with Crippen molar-refractivity contribution in [2.45, 2.75) is 17.9 Å². The van der Waals surface area contributed by atoms with Crippen LogP contribution in [0.15, 0.2) is 0 Å². The van der Waals surface area contributed by atoms with E-state index >= 15 is 0 Å². The molecular formula is C4H8ClOZn. The number of hydrogen-bond donors (Lipinski definition) is 0. The molecule has 0 rings (SSSR count). The van der Waals surface area contributed by atoms with Gasteiger partial charge >= 0.3 is 56.0 Å². The number of alkyl halides is 1. The Bertz CT molecular complexity index is 49.0. The van der Waals surface area contributed by atoms with Crippen LogP contribution in [-0.2, 0) is 20.7 Å². The molecule has 0 heterocycles. The van der Waals surface area contributed by atoms with E-state index in [1.165, 1.54) is 0 Å². The Kier molecular flexibility index (Phi) is 7.40. The van der Waals surface area contributed by atoms with Crippen molar-refractivity contribution >= 4 is 11.6 Å². The predicted octanol–water partition coefficient (Wildman–Crippen LogP) is 1.85. The number of halogens is 1. The van der Waals surface area contributed by atoms with Crippen molar-refractivity contribution in [3.63, 3.8) is 0 Å². The van der Waals surface area contributed by atoms with Crippen LogP contribution >= 0.6 is 11.6 Å². The van der Waals surface area contributed by atoms with E-state index < -0.39 is 17.1 Å². The van der Waals surface area contributed by atoms with E-state index in [0.717, 1.165) is 23.7 Å². The molecular weight excluding hydrogens is 165 g/mol. The van der Waals surface area contributed by atoms with Crippen LogP contribution < -0.4 is 0 Å². The van der Waals surface area contributed by atoms with E-state index in [1.54, 1.807) is 0 Å². The summed E-state index contributed by atoms with van der Waals surface area (Å²) in [5, 5.41) is 0.972. The normalized spacial score (nSPS) is 8.14. The predicted molar refractivity (Wildman–Crippen MR) is 25.4 cm³/mol. The third-order valence-electron chi connectivity index (χ3n) is 0.778. The van der Waals surface area contributed by atoms with E-state index in [0.29, 0.717) is 0 Å². The second-order valence-corrected chi connectivity index (χ2v) is 4.17. The maximum atomic E-state index is 9.95. The quantitative estimate of drug-likeness (QED) is 0.360. The molecule has 0 aliphatic carbocycles. The Labute approximate surface area is 56.3 Å². The average Bonchev–Trinajstić information content (AvgIpc) is 1.69. The summed E-state index contributed by atoms with van der Waals surface area (Å²) in [4.78, 5) is 0. The molecule has 39 valence electrons. The molecule has 0 amide bonds. The first-order valence-electron chi connectivity index (χ1n) is 2.56. The van der Waals surface area contributed by atoms with Crippen molar-refractivity contribution in [1.82, 2.24) is 0 Å². The molecule has 0 atom stereocenters. The molecule has 0 aliphatic heterocycles. The van der Waals surface area contributed by atoms with Gasteiger partial charge in [-0.05, 0) is 0 Å². The summed E-state index contributed by atoms with van der Waals surface area (Å²) in [7, 11) is 0. The van der Waals surface area contributed by atoms with E-state index in [2.05, 4.69) is 0 Å². The van der Waals surface area contributed by atoms with Crippen LogP contribution in [0.25, 0.3) is 0 Å². The van der Waals surface area contributed by atoms with Gasteiger partial charge in [0.2, 0.25) is 0 Å². The minimum absolute atomic E-state index is 0.724. The van der Waals surface area contributed by atoms with E-state index in [4.69, 9.17) is 11.6 Å². The van der Waals surface area contributed by atoms with E-state index in [-0.39, 0.29) is 0 Å². The van der Waals surface area contributed by atoms with Gasteiger partial charge in [-0.1, -0.05) is 0 Å². The summed E-state index contributed by atoms with van der Waals surface area (Å²) in [6, 6.07) is 0. The van der Waals surface area contributed by atoms with Gasteiger partial charge in [0.25, 0.3) is 0 Å². The van der Waals surface area contributed by atoms with Gasteiger partial charge in [0.05, 0.1) is 0 Å².